The lowest BCUT2D eigenvalue weighted by molar-refractivity contribution is 0.105. The van der Waals surface area contributed by atoms with Crippen LogP contribution in [0.2, 0.25) is 0 Å². The summed E-state index contributed by atoms with van der Waals surface area (Å²) in [4.78, 5) is -0.126. The SMILES string of the molecule is Cc1c(F)cc(CO)cc1S(=O)(=O)NCCC1CCCO1. The highest BCUT2D eigenvalue weighted by molar-refractivity contribution is 7.89. The average molecular weight is 317 g/mol. The van der Waals surface area contributed by atoms with Crippen LogP contribution in [0.5, 0.6) is 0 Å². The standard InChI is InChI=1S/C14H20FNO4S/c1-10-13(15)7-11(9-17)8-14(10)21(18,19)16-5-4-12-3-2-6-20-12/h7-8,12,16-17H,2-6,9H2,1H3. The monoisotopic (exact) mass is 317 g/mol. The molecule has 1 atom stereocenters. The fourth-order valence-corrected chi connectivity index (χ4v) is 3.73. The Morgan fingerprint density at radius 3 is 2.86 bits per heavy atom. The van der Waals surface area contributed by atoms with Crippen molar-refractivity contribution in [1.82, 2.24) is 4.72 Å². The molecule has 7 heteroatoms. The summed E-state index contributed by atoms with van der Waals surface area (Å²) < 4.78 is 46.1. The van der Waals surface area contributed by atoms with Crippen LogP contribution in [0.1, 0.15) is 30.4 Å². The second kappa shape index (κ2) is 6.83. The summed E-state index contributed by atoms with van der Waals surface area (Å²) in [6, 6.07) is 2.44. The maximum absolute atomic E-state index is 13.7. The Morgan fingerprint density at radius 2 is 2.24 bits per heavy atom. The van der Waals surface area contributed by atoms with Gasteiger partial charge in [0, 0.05) is 18.7 Å². The zero-order valence-electron chi connectivity index (χ0n) is 11.9. The Labute approximate surface area is 124 Å². The number of halogens is 1. The number of hydrogen-bond donors (Lipinski definition) is 2. The molecule has 0 aromatic heterocycles. The Bertz CT molecular complexity index is 597. The van der Waals surface area contributed by atoms with E-state index >= 15 is 0 Å². The van der Waals surface area contributed by atoms with Gasteiger partial charge in [-0.25, -0.2) is 17.5 Å². The molecule has 0 amide bonds. The van der Waals surface area contributed by atoms with Gasteiger partial charge in [-0.1, -0.05) is 0 Å². The van der Waals surface area contributed by atoms with E-state index < -0.39 is 22.4 Å². The molecule has 2 rings (SSSR count). The molecular weight excluding hydrogens is 297 g/mol. The van der Waals surface area contributed by atoms with Crippen molar-refractivity contribution in [3.8, 4) is 0 Å². The van der Waals surface area contributed by atoms with Gasteiger partial charge in [-0.05, 0) is 43.9 Å². The third-order valence-corrected chi connectivity index (χ3v) is 5.20. The predicted molar refractivity (Wildman–Crippen MR) is 75.8 cm³/mol. The van der Waals surface area contributed by atoms with Crippen LogP contribution in [-0.2, 0) is 21.4 Å². The van der Waals surface area contributed by atoms with Crippen LogP contribution in [0.15, 0.2) is 17.0 Å². The first kappa shape index (κ1) is 16.4. The summed E-state index contributed by atoms with van der Waals surface area (Å²) in [6.45, 7) is 1.97. The van der Waals surface area contributed by atoms with Gasteiger partial charge in [0.2, 0.25) is 10.0 Å². The summed E-state index contributed by atoms with van der Waals surface area (Å²) in [5.74, 6) is -0.638. The molecule has 0 bridgehead atoms. The lowest BCUT2D eigenvalue weighted by Gasteiger charge is -2.13. The van der Waals surface area contributed by atoms with Crippen molar-refractivity contribution in [3.05, 3.63) is 29.1 Å². The van der Waals surface area contributed by atoms with Crippen molar-refractivity contribution >= 4 is 10.0 Å². The van der Waals surface area contributed by atoms with Gasteiger partial charge in [0.25, 0.3) is 0 Å². The number of aliphatic hydroxyl groups excluding tert-OH is 1. The van der Waals surface area contributed by atoms with Crippen LogP contribution in [0.4, 0.5) is 4.39 Å². The van der Waals surface area contributed by atoms with Crippen LogP contribution in [0.25, 0.3) is 0 Å². The summed E-state index contributed by atoms with van der Waals surface area (Å²) >= 11 is 0. The molecule has 1 aliphatic heterocycles. The van der Waals surface area contributed by atoms with Crippen molar-refractivity contribution < 1.29 is 22.7 Å². The molecule has 1 aromatic carbocycles. The van der Waals surface area contributed by atoms with Gasteiger partial charge < -0.3 is 9.84 Å². The molecule has 0 aliphatic carbocycles. The second-order valence-electron chi connectivity index (χ2n) is 5.18. The minimum atomic E-state index is -3.79. The summed E-state index contributed by atoms with van der Waals surface area (Å²) in [7, 11) is -3.79. The van der Waals surface area contributed by atoms with Crippen molar-refractivity contribution in [2.45, 2.75) is 43.8 Å². The number of benzene rings is 1. The van der Waals surface area contributed by atoms with Gasteiger partial charge in [-0.2, -0.15) is 0 Å². The largest absolute Gasteiger partial charge is 0.392 e. The fourth-order valence-electron chi connectivity index (χ4n) is 2.38. The Balaban J connectivity index is 2.09. The minimum Gasteiger partial charge on any atom is -0.392 e. The minimum absolute atomic E-state index is 0.0526. The molecule has 1 aromatic rings. The molecule has 0 saturated carbocycles. The van der Waals surface area contributed by atoms with Crippen molar-refractivity contribution in [1.29, 1.82) is 0 Å². The molecule has 2 N–H and O–H groups in total. The van der Waals surface area contributed by atoms with Crippen molar-refractivity contribution in [2.75, 3.05) is 13.2 Å². The predicted octanol–water partition coefficient (Wildman–Crippen LogP) is 1.47. The number of nitrogens with one attached hydrogen (secondary N) is 1. The highest BCUT2D eigenvalue weighted by Gasteiger charge is 2.21. The summed E-state index contributed by atoms with van der Waals surface area (Å²) in [5.41, 5.74) is 0.286. The average Bonchev–Trinajstić information content (AvgIpc) is 2.94. The van der Waals surface area contributed by atoms with E-state index in [2.05, 4.69) is 4.72 Å². The first-order valence-electron chi connectivity index (χ1n) is 6.95. The first-order valence-corrected chi connectivity index (χ1v) is 8.43. The number of hydrogen-bond acceptors (Lipinski definition) is 4. The number of sulfonamides is 1. The van der Waals surface area contributed by atoms with Crippen LogP contribution >= 0.6 is 0 Å². The molecule has 1 heterocycles. The van der Waals surface area contributed by atoms with Crippen molar-refractivity contribution in [2.24, 2.45) is 0 Å². The normalized spacial score (nSPS) is 19.1. The summed E-state index contributed by atoms with van der Waals surface area (Å²) in [6.07, 6.45) is 2.63. The maximum Gasteiger partial charge on any atom is 0.240 e. The van der Waals surface area contributed by atoms with Crippen LogP contribution in [0, 0.1) is 12.7 Å². The van der Waals surface area contributed by atoms with E-state index in [0.29, 0.717) is 6.42 Å². The van der Waals surface area contributed by atoms with E-state index in [1.54, 1.807) is 0 Å². The quantitative estimate of drug-likeness (QED) is 0.833. The smallest absolute Gasteiger partial charge is 0.240 e. The van der Waals surface area contributed by atoms with E-state index in [-0.39, 0.29) is 28.7 Å². The zero-order chi connectivity index (χ0) is 15.5. The highest BCUT2D eigenvalue weighted by Crippen LogP contribution is 2.21. The van der Waals surface area contributed by atoms with E-state index in [9.17, 15) is 12.8 Å². The Morgan fingerprint density at radius 1 is 1.48 bits per heavy atom. The maximum atomic E-state index is 13.7. The zero-order valence-corrected chi connectivity index (χ0v) is 12.7. The molecule has 118 valence electrons. The molecule has 5 nitrogen and oxygen atoms in total. The summed E-state index contributed by atoms with van der Waals surface area (Å²) in [5, 5.41) is 9.06. The molecule has 1 unspecified atom stereocenters. The van der Waals surface area contributed by atoms with Crippen LogP contribution < -0.4 is 4.72 Å². The Kier molecular flexibility index (Phi) is 5.32. The van der Waals surface area contributed by atoms with E-state index in [0.717, 1.165) is 25.5 Å². The molecule has 1 fully saturated rings. The van der Waals surface area contributed by atoms with Gasteiger partial charge in [0.1, 0.15) is 5.82 Å². The van der Waals surface area contributed by atoms with Gasteiger partial charge in [-0.15, -0.1) is 0 Å². The third-order valence-electron chi connectivity index (χ3n) is 3.61. The topological polar surface area (TPSA) is 75.6 Å². The molecule has 0 spiro atoms. The molecule has 1 saturated heterocycles. The van der Waals surface area contributed by atoms with Gasteiger partial charge in [0.15, 0.2) is 0 Å². The Hall–Kier alpha value is -1.02. The number of ether oxygens (including phenoxy) is 1. The third kappa shape index (κ3) is 4.00. The van der Waals surface area contributed by atoms with Gasteiger partial charge in [-0.3, -0.25) is 0 Å². The van der Waals surface area contributed by atoms with E-state index in [1.165, 1.54) is 13.0 Å². The van der Waals surface area contributed by atoms with E-state index in [1.807, 2.05) is 0 Å². The molecule has 0 radical (unpaired) electrons. The lowest BCUT2D eigenvalue weighted by Crippen LogP contribution is -2.28. The molecular formula is C14H20FNO4S. The van der Waals surface area contributed by atoms with Gasteiger partial charge in [0.05, 0.1) is 17.6 Å². The van der Waals surface area contributed by atoms with Gasteiger partial charge >= 0.3 is 0 Å². The number of rotatable bonds is 6. The first-order chi connectivity index (χ1) is 9.94. The number of aliphatic hydroxyl groups is 1. The van der Waals surface area contributed by atoms with Crippen molar-refractivity contribution in [3.63, 3.8) is 0 Å². The lowest BCUT2D eigenvalue weighted by atomic mass is 10.1. The molecule has 21 heavy (non-hydrogen) atoms. The highest BCUT2D eigenvalue weighted by atomic mass is 32.2. The van der Waals surface area contributed by atoms with E-state index in [4.69, 9.17) is 9.84 Å². The second-order valence-corrected chi connectivity index (χ2v) is 6.92. The van der Waals surface area contributed by atoms with Crippen LogP contribution in [-0.4, -0.2) is 32.8 Å². The fraction of sp³-hybridized carbons (Fsp3) is 0.571. The van der Waals surface area contributed by atoms with Crippen LogP contribution in [0.3, 0.4) is 0 Å². The molecule has 1 aliphatic rings.